The molecule has 1 atom stereocenters. The number of hydrogen-bond donors (Lipinski definition) is 2. The molecule has 0 fully saturated rings. The van der Waals surface area contributed by atoms with E-state index in [0.29, 0.717) is 12.6 Å². The smallest absolute Gasteiger partial charge is 0.142 e. The van der Waals surface area contributed by atoms with Crippen LogP contribution in [0.3, 0.4) is 0 Å². The Kier molecular flexibility index (Phi) is 2.25. The van der Waals surface area contributed by atoms with Crippen molar-refractivity contribution in [2.24, 2.45) is 5.41 Å². The molecule has 3 nitrogen and oxygen atoms in total. The third kappa shape index (κ3) is 2.01. The fourth-order valence-corrected chi connectivity index (χ4v) is 1.66. The van der Waals surface area contributed by atoms with Gasteiger partial charge in [0.05, 0.1) is 11.7 Å². The molecule has 1 aliphatic rings. The summed E-state index contributed by atoms with van der Waals surface area (Å²) in [6.45, 7) is 7.31. The van der Waals surface area contributed by atoms with Crippen LogP contribution in [0.15, 0.2) is 18.2 Å². The van der Waals surface area contributed by atoms with Crippen molar-refractivity contribution in [3.63, 3.8) is 0 Å². The van der Waals surface area contributed by atoms with E-state index in [9.17, 15) is 0 Å². The number of nitrogens with two attached hydrogens (primary N) is 1. The summed E-state index contributed by atoms with van der Waals surface area (Å²) in [5.41, 5.74) is 7.69. The maximum atomic E-state index is 5.74. The molecule has 1 aliphatic heterocycles. The van der Waals surface area contributed by atoms with E-state index in [1.54, 1.807) is 0 Å². The van der Waals surface area contributed by atoms with E-state index in [4.69, 9.17) is 10.5 Å². The van der Waals surface area contributed by atoms with Crippen molar-refractivity contribution in [2.45, 2.75) is 26.8 Å². The van der Waals surface area contributed by atoms with Gasteiger partial charge in [-0.25, -0.2) is 0 Å². The van der Waals surface area contributed by atoms with Crippen molar-refractivity contribution in [1.82, 2.24) is 0 Å². The lowest BCUT2D eigenvalue weighted by atomic mass is 9.86. The molecule has 0 aliphatic carbocycles. The van der Waals surface area contributed by atoms with Crippen molar-refractivity contribution in [3.8, 4) is 5.75 Å². The van der Waals surface area contributed by atoms with Crippen LogP contribution in [-0.2, 0) is 0 Å². The summed E-state index contributed by atoms with van der Waals surface area (Å²) in [6.07, 6.45) is 0. The molecule has 0 amide bonds. The standard InChI is InChI=1S/C12H18N2O/c1-12(2,3)11-7-15-10-5-4-8(13)6-9(10)14-11/h4-6,11,14H,7,13H2,1-3H3. The van der Waals surface area contributed by atoms with Crippen molar-refractivity contribution in [1.29, 1.82) is 0 Å². The molecule has 0 bridgehead atoms. The highest BCUT2D eigenvalue weighted by atomic mass is 16.5. The Morgan fingerprint density at radius 3 is 2.80 bits per heavy atom. The van der Waals surface area contributed by atoms with Crippen molar-refractivity contribution in [2.75, 3.05) is 17.7 Å². The van der Waals surface area contributed by atoms with Crippen LogP contribution in [0.5, 0.6) is 5.75 Å². The second-order valence-electron chi connectivity index (χ2n) is 5.13. The van der Waals surface area contributed by atoms with Crippen LogP contribution in [0.4, 0.5) is 11.4 Å². The molecule has 3 N–H and O–H groups in total. The van der Waals surface area contributed by atoms with Crippen molar-refractivity contribution >= 4 is 11.4 Å². The van der Waals surface area contributed by atoms with Crippen molar-refractivity contribution in [3.05, 3.63) is 18.2 Å². The molecule has 0 spiro atoms. The van der Waals surface area contributed by atoms with Crippen LogP contribution < -0.4 is 15.8 Å². The van der Waals surface area contributed by atoms with Crippen LogP contribution in [-0.4, -0.2) is 12.6 Å². The molecular formula is C12H18N2O. The first kappa shape index (κ1) is 10.1. The number of nitrogen functional groups attached to an aromatic ring is 1. The van der Waals surface area contributed by atoms with E-state index in [-0.39, 0.29) is 5.41 Å². The Labute approximate surface area is 90.6 Å². The maximum absolute atomic E-state index is 5.74. The molecule has 0 radical (unpaired) electrons. The summed E-state index contributed by atoms with van der Waals surface area (Å²) < 4.78 is 5.70. The summed E-state index contributed by atoms with van der Waals surface area (Å²) in [5, 5.41) is 3.47. The minimum absolute atomic E-state index is 0.183. The van der Waals surface area contributed by atoms with E-state index in [0.717, 1.165) is 17.1 Å². The second kappa shape index (κ2) is 3.33. The van der Waals surface area contributed by atoms with Gasteiger partial charge in [-0.2, -0.15) is 0 Å². The Balaban J connectivity index is 2.26. The van der Waals surface area contributed by atoms with E-state index >= 15 is 0 Å². The third-order valence-corrected chi connectivity index (χ3v) is 2.78. The lowest BCUT2D eigenvalue weighted by Crippen LogP contribution is -2.41. The van der Waals surface area contributed by atoms with E-state index < -0.39 is 0 Å². The first-order chi connectivity index (χ1) is 6.97. The zero-order valence-electron chi connectivity index (χ0n) is 9.50. The fourth-order valence-electron chi connectivity index (χ4n) is 1.66. The SMILES string of the molecule is CC(C)(C)C1COc2ccc(N)cc2N1. The van der Waals surface area contributed by atoms with Gasteiger partial charge in [0.2, 0.25) is 0 Å². The fraction of sp³-hybridized carbons (Fsp3) is 0.500. The molecule has 82 valence electrons. The van der Waals surface area contributed by atoms with Crippen LogP contribution >= 0.6 is 0 Å². The Morgan fingerprint density at radius 1 is 1.40 bits per heavy atom. The zero-order valence-corrected chi connectivity index (χ0v) is 9.50. The van der Waals surface area contributed by atoms with E-state index in [1.165, 1.54) is 0 Å². The number of nitrogens with one attached hydrogen (secondary N) is 1. The Hall–Kier alpha value is -1.38. The maximum Gasteiger partial charge on any atom is 0.142 e. The van der Waals surface area contributed by atoms with Gasteiger partial charge in [0.25, 0.3) is 0 Å². The molecule has 1 aromatic rings. The second-order valence-corrected chi connectivity index (χ2v) is 5.13. The molecule has 0 saturated carbocycles. The predicted octanol–water partition coefficient (Wildman–Crippen LogP) is 2.49. The Morgan fingerprint density at radius 2 is 2.13 bits per heavy atom. The quantitative estimate of drug-likeness (QED) is 0.641. The number of benzene rings is 1. The van der Waals surface area contributed by atoms with Crippen LogP contribution in [0.2, 0.25) is 0 Å². The van der Waals surface area contributed by atoms with Gasteiger partial charge in [0, 0.05) is 5.69 Å². The average molecular weight is 206 g/mol. The summed E-state index contributed by atoms with van der Waals surface area (Å²) in [7, 11) is 0. The van der Waals surface area contributed by atoms with Gasteiger partial charge < -0.3 is 15.8 Å². The highest BCUT2D eigenvalue weighted by molar-refractivity contribution is 5.65. The molecular weight excluding hydrogens is 188 g/mol. The summed E-state index contributed by atoms with van der Waals surface area (Å²) in [4.78, 5) is 0. The highest BCUT2D eigenvalue weighted by Crippen LogP contribution is 2.34. The number of ether oxygens (including phenoxy) is 1. The molecule has 1 heterocycles. The first-order valence-electron chi connectivity index (χ1n) is 5.26. The number of hydrogen-bond acceptors (Lipinski definition) is 3. The summed E-state index contributed by atoms with van der Waals surface area (Å²) in [5.74, 6) is 0.893. The minimum Gasteiger partial charge on any atom is -0.489 e. The zero-order chi connectivity index (χ0) is 11.1. The van der Waals surface area contributed by atoms with Gasteiger partial charge in [0.15, 0.2) is 0 Å². The normalized spacial score (nSPS) is 20.1. The van der Waals surface area contributed by atoms with Crippen molar-refractivity contribution < 1.29 is 4.74 Å². The van der Waals surface area contributed by atoms with Gasteiger partial charge in [-0.15, -0.1) is 0 Å². The third-order valence-electron chi connectivity index (χ3n) is 2.78. The first-order valence-corrected chi connectivity index (χ1v) is 5.26. The van der Waals surface area contributed by atoms with Crippen LogP contribution in [0, 0.1) is 5.41 Å². The molecule has 2 rings (SSSR count). The number of fused-ring (bicyclic) bond motifs is 1. The van der Waals surface area contributed by atoms with E-state index in [1.807, 2.05) is 18.2 Å². The molecule has 15 heavy (non-hydrogen) atoms. The van der Waals surface area contributed by atoms with Crippen LogP contribution in [0.1, 0.15) is 20.8 Å². The van der Waals surface area contributed by atoms with Gasteiger partial charge in [-0.1, -0.05) is 20.8 Å². The lowest BCUT2D eigenvalue weighted by Gasteiger charge is -2.36. The van der Waals surface area contributed by atoms with Gasteiger partial charge in [0.1, 0.15) is 12.4 Å². The molecule has 0 saturated heterocycles. The summed E-state index contributed by atoms with van der Waals surface area (Å²) in [6, 6.07) is 6.02. The number of rotatable bonds is 0. The molecule has 0 aromatic heterocycles. The average Bonchev–Trinajstić information content (AvgIpc) is 2.15. The van der Waals surface area contributed by atoms with Gasteiger partial charge >= 0.3 is 0 Å². The van der Waals surface area contributed by atoms with E-state index in [2.05, 4.69) is 26.1 Å². The van der Waals surface area contributed by atoms with Gasteiger partial charge in [-0.05, 0) is 23.6 Å². The molecule has 1 unspecified atom stereocenters. The largest absolute Gasteiger partial charge is 0.489 e. The predicted molar refractivity (Wildman–Crippen MR) is 63.2 cm³/mol. The van der Waals surface area contributed by atoms with Crippen LogP contribution in [0.25, 0.3) is 0 Å². The number of anilines is 2. The Bertz CT molecular complexity index is 368. The molecule has 1 aromatic carbocycles. The topological polar surface area (TPSA) is 47.3 Å². The van der Waals surface area contributed by atoms with Gasteiger partial charge in [-0.3, -0.25) is 0 Å². The lowest BCUT2D eigenvalue weighted by molar-refractivity contribution is 0.207. The molecule has 3 heteroatoms. The monoisotopic (exact) mass is 206 g/mol. The summed E-state index contributed by atoms with van der Waals surface area (Å²) >= 11 is 0. The highest BCUT2D eigenvalue weighted by Gasteiger charge is 2.29. The minimum atomic E-state index is 0.183.